The van der Waals surface area contributed by atoms with Crippen LogP contribution >= 0.6 is 0 Å². The smallest absolute Gasteiger partial charge is 0.305 e. The molecule has 0 amide bonds. The second-order valence-corrected chi connectivity index (χ2v) is 6.95. The first-order chi connectivity index (χ1) is 12.2. The van der Waals surface area contributed by atoms with Gasteiger partial charge in [-0.05, 0) is 38.5 Å². The van der Waals surface area contributed by atoms with Crippen molar-refractivity contribution < 1.29 is 14.6 Å². The second-order valence-electron chi connectivity index (χ2n) is 6.95. The van der Waals surface area contributed by atoms with E-state index in [1.165, 1.54) is 44.9 Å². The van der Waals surface area contributed by atoms with Crippen LogP contribution in [0, 0.1) is 5.92 Å². The molecule has 0 saturated heterocycles. The van der Waals surface area contributed by atoms with Crippen molar-refractivity contribution in [2.24, 2.45) is 5.92 Å². The number of esters is 1. The summed E-state index contributed by atoms with van der Waals surface area (Å²) in [5.74, 6) is -0.0977. The maximum absolute atomic E-state index is 11.5. The molecule has 0 saturated carbocycles. The zero-order valence-electron chi connectivity index (χ0n) is 16.5. The lowest BCUT2D eigenvalue weighted by atomic mass is 10.1. The van der Waals surface area contributed by atoms with Crippen LogP contribution < -0.4 is 0 Å². The number of hydrogen-bond donors (Lipinski definition) is 1. The van der Waals surface area contributed by atoms with Crippen molar-refractivity contribution in [3.05, 3.63) is 24.3 Å². The molecule has 3 nitrogen and oxygen atoms in total. The van der Waals surface area contributed by atoms with E-state index < -0.39 is 0 Å². The Balaban J connectivity index is 3.30. The van der Waals surface area contributed by atoms with Gasteiger partial charge >= 0.3 is 5.97 Å². The summed E-state index contributed by atoms with van der Waals surface area (Å²) in [6.07, 6.45) is 22.7. The van der Waals surface area contributed by atoms with Crippen molar-refractivity contribution in [2.45, 2.75) is 90.9 Å². The minimum atomic E-state index is -0.133. The number of carbonyl (C=O) groups excluding carboxylic acids is 1. The molecule has 0 radical (unpaired) electrons. The SMILES string of the molecule is CCCCC/C=C\C/C=C\CCCCCCCC(=O)OCC(C)CO. The van der Waals surface area contributed by atoms with Gasteiger partial charge in [0.05, 0.1) is 6.61 Å². The summed E-state index contributed by atoms with van der Waals surface area (Å²) in [5, 5.41) is 8.87. The van der Waals surface area contributed by atoms with Gasteiger partial charge in [0.2, 0.25) is 0 Å². The van der Waals surface area contributed by atoms with Crippen molar-refractivity contribution in [2.75, 3.05) is 13.2 Å². The van der Waals surface area contributed by atoms with Gasteiger partial charge in [-0.25, -0.2) is 0 Å². The van der Waals surface area contributed by atoms with Crippen LogP contribution in [0.2, 0.25) is 0 Å². The van der Waals surface area contributed by atoms with E-state index in [1.807, 2.05) is 6.92 Å². The highest BCUT2D eigenvalue weighted by atomic mass is 16.5. The van der Waals surface area contributed by atoms with Crippen molar-refractivity contribution in [1.29, 1.82) is 0 Å². The molecule has 25 heavy (non-hydrogen) atoms. The number of hydrogen-bond acceptors (Lipinski definition) is 3. The van der Waals surface area contributed by atoms with Crippen LogP contribution in [0.1, 0.15) is 90.9 Å². The number of carbonyl (C=O) groups is 1. The molecule has 146 valence electrons. The lowest BCUT2D eigenvalue weighted by Crippen LogP contribution is -2.14. The highest BCUT2D eigenvalue weighted by Gasteiger charge is 2.06. The Labute approximate surface area is 155 Å². The van der Waals surface area contributed by atoms with Crippen molar-refractivity contribution >= 4 is 5.97 Å². The molecule has 3 heteroatoms. The molecular weight excluding hydrogens is 312 g/mol. The number of aliphatic hydroxyl groups excluding tert-OH is 1. The van der Waals surface area contributed by atoms with Gasteiger partial charge in [0, 0.05) is 18.9 Å². The molecule has 0 fully saturated rings. The fourth-order valence-corrected chi connectivity index (χ4v) is 2.44. The third-order valence-electron chi connectivity index (χ3n) is 4.17. The predicted molar refractivity (Wildman–Crippen MR) is 107 cm³/mol. The molecule has 0 spiro atoms. The molecule has 0 aromatic carbocycles. The van der Waals surface area contributed by atoms with Gasteiger partial charge in [0.25, 0.3) is 0 Å². The van der Waals surface area contributed by atoms with Crippen LogP contribution in [0.3, 0.4) is 0 Å². The van der Waals surface area contributed by atoms with Crippen LogP contribution in [0.4, 0.5) is 0 Å². The molecule has 1 unspecified atom stereocenters. The van der Waals surface area contributed by atoms with Crippen molar-refractivity contribution in [3.63, 3.8) is 0 Å². The summed E-state index contributed by atoms with van der Waals surface area (Å²) in [5.41, 5.74) is 0. The Bertz CT molecular complexity index is 347. The van der Waals surface area contributed by atoms with Crippen molar-refractivity contribution in [3.8, 4) is 0 Å². The first kappa shape index (κ1) is 23.9. The zero-order chi connectivity index (χ0) is 18.6. The van der Waals surface area contributed by atoms with E-state index >= 15 is 0 Å². The summed E-state index contributed by atoms with van der Waals surface area (Å²) < 4.78 is 5.10. The number of ether oxygens (including phenoxy) is 1. The molecule has 1 N–H and O–H groups in total. The normalized spacial score (nSPS) is 12.9. The molecule has 0 aliphatic rings. The second kappa shape index (κ2) is 19.2. The first-order valence-corrected chi connectivity index (χ1v) is 10.3. The molecule has 0 aromatic rings. The van der Waals surface area contributed by atoms with Crippen LogP contribution in [0.25, 0.3) is 0 Å². The summed E-state index contributed by atoms with van der Waals surface area (Å²) in [6.45, 7) is 4.50. The van der Waals surface area contributed by atoms with E-state index in [1.54, 1.807) is 0 Å². The van der Waals surface area contributed by atoms with E-state index in [-0.39, 0.29) is 18.5 Å². The van der Waals surface area contributed by atoms with Crippen molar-refractivity contribution in [1.82, 2.24) is 0 Å². The maximum atomic E-state index is 11.5. The Hall–Kier alpha value is -1.09. The van der Waals surface area contributed by atoms with Gasteiger partial charge in [-0.3, -0.25) is 4.79 Å². The number of unbranched alkanes of at least 4 members (excludes halogenated alkanes) is 8. The highest BCUT2D eigenvalue weighted by molar-refractivity contribution is 5.69. The topological polar surface area (TPSA) is 46.5 Å². The lowest BCUT2D eigenvalue weighted by Gasteiger charge is -2.08. The fraction of sp³-hybridized carbons (Fsp3) is 0.773. The molecular formula is C22H40O3. The molecule has 1 atom stereocenters. The average Bonchev–Trinajstić information content (AvgIpc) is 2.62. The third-order valence-corrected chi connectivity index (χ3v) is 4.17. The quantitative estimate of drug-likeness (QED) is 0.199. The summed E-state index contributed by atoms with van der Waals surface area (Å²) in [7, 11) is 0. The molecule has 0 aromatic heterocycles. The number of aliphatic hydroxyl groups is 1. The van der Waals surface area contributed by atoms with E-state index in [4.69, 9.17) is 9.84 Å². The molecule has 0 heterocycles. The Kier molecular flexibility index (Phi) is 18.4. The maximum Gasteiger partial charge on any atom is 0.305 e. The lowest BCUT2D eigenvalue weighted by molar-refractivity contribution is -0.145. The first-order valence-electron chi connectivity index (χ1n) is 10.3. The minimum absolute atomic E-state index is 0.0357. The summed E-state index contributed by atoms with van der Waals surface area (Å²) >= 11 is 0. The van der Waals surface area contributed by atoms with E-state index in [9.17, 15) is 4.79 Å². The van der Waals surface area contributed by atoms with Gasteiger partial charge < -0.3 is 9.84 Å². The Morgan fingerprint density at radius 2 is 1.52 bits per heavy atom. The van der Waals surface area contributed by atoms with E-state index in [2.05, 4.69) is 31.2 Å². The third kappa shape index (κ3) is 19.1. The molecule has 0 rings (SSSR count). The van der Waals surface area contributed by atoms with Gasteiger partial charge in [0.15, 0.2) is 0 Å². The largest absolute Gasteiger partial charge is 0.465 e. The Morgan fingerprint density at radius 1 is 0.920 bits per heavy atom. The summed E-state index contributed by atoms with van der Waals surface area (Å²) in [6, 6.07) is 0. The van der Waals surface area contributed by atoms with Crippen LogP contribution in [0.5, 0.6) is 0 Å². The highest BCUT2D eigenvalue weighted by Crippen LogP contribution is 2.09. The number of allylic oxidation sites excluding steroid dienone is 4. The fourth-order valence-electron chi connectivity index (χ4n) is 2.44. The van der Waals surface area contributed by atoms with Crippen LogP contribution in [-0.2, 0) is 9.53 Å². The standard InChI is InChI=1S/C22H40O3/c1-3-4-5-6-7-8-9-10-11-12-13-14-15-16-17-18-22(24)25-20-21(2)19-23/h7-8,10-11,21,23H,3-6,9,12-20H2,1-2H3/b8-7-,11-10-. The van der Waals surface area contributed by atoms with Gasteiger partial charge in [0.1, 0.15) is 0 Å². The minimum Gasteiger partial charge on any atom is -0.465 e. The molecule has 0 bridgehead atoms. The van der Waals surface area contributed by atoms with E-state index in [0.717, 1.165) is 25.7 Å². The van der Waals surface area contributed by atoms with Gasteiger partial charge in [-0.2, -0.15) is 0 Å². The Morgan fingerprint density at radius 3 is 2.16 bits per heavy atom. The number of rotatable bonds is 17. The van der Waals surface area contributed by atoms with E-state index in [0.29, 0.717) is 13.0 Å². The average molecular weight is 353 g/mol. The van der Waals surface area contributed by atoms with Gasteiger partial charge in [-0.1, -0.05) is 70.3 Å². The molecule has 0 aliphatic carbocycles. The summed E-state index contributed by atoms with van der Waals surface area (Å²) in [4.78, 5) is 11.5. The zero-order valence-corrected chi connectivity index (χ0v) is 16.5. The van der Waals surface area contributed by atoms with Crippen LogP contribution in [0.15, 0.2) is 24.3 Å². The monoisotopic (exact) mass is 352 g/mol. The predicted octanol–water partition coefficient (Wildman–Crippen LogP) is 5.97. The van der Waals surface area contributed by atoms with Crippen LogP contribution in [-0.4, -0.2) is 24.3 Å². The molecule has 0 aliphatic heterocycles. The van der Waals surface area contributed by atoms with Gasteiger partial charge in [-0.15, -0.1) is 0 Å².